The smallest absolute Gasteiger partial charge is 0.304 e. The highest BCUT2D eigenvalue weighted by Gasteiger charge is 2.36. The molecule has 32 heavy (non-hydrogen) atoms. The Kier molecular flexibility index (Phi) is 5.31. The number of benzene rings is 2. The fourth-order valence-electron chi connectivity index (χ4n) is 4.37. The van der Waals surface area contributed by atoms with Crippen molar-refractivity contribution < 1.29 is 27.5 Å². The van der Waals surface area contributed by atoms with Crippen LogP contribution in [0.4, 0.5) is 10.1 Å². The first-order valence-electron chi connectivity index (χ1n) is 9.52. The monoisotopic (exact) mass is 474 g/mol. The number of carbonyl (C=O) groups excluding carboxylic acids is 1. The molecular formula is C22H16ClFN2O5S. The molecule has 0 aliphatic carbocycles. The van der Waals surface area contributed by atoms with Crippen LogP contribution in [0, 0.1) is 12.4 Å². The van der Waals surface area contributed by atoms with Crippen LogP contribution in [0.5, 0.6) is 0 Å². The van der Waals surface area contributed by atoms with Crippen LogP contribution >= 0.6 is 11.6 Å². The molecule has 1 atom stereocenters. The van der Waals surface area contributed by atoms with E-state index < -0.39 is 33.3 Å². The van der Waals surface area contributed by atoms with Crippen molar-refractivity contribution >= 4 is 49.8 Å². The van der Waals surface area contributed by atoms with Gasteiger partial charge < -0.3 is 9.67 Å². The molecule has 1 unspecified atom stereocenters. The van der Waals surface area contributed by atoms with Crippen molar-refractivity contribution in [3.8, 4) is 0 Å². The molecule has 3 aromatic rings. The van der Waals surface area contributed by atoms with Crippen LogP contribution in [0.15, 0.2) is 35.2 Å². The van der Waals surface area contributed by atoms with Crippen LogP contribution in [0.2, 0.25) is 5.02 Å². The molecule has 1 aliphatic rings. The number of carbonyl (C=O) groups is 2. The molecule has 4 rings (SSSR count). The van der Waals surface area contributed by atoms with Crippen molar-refractivity contribution in [2.45, 2.75) is 30.2 Å². The first-order chi connectivity index (χ1) is 15.0. The zero-order valence-electron chi connectivity index (χ0n) is 16.7. The third-order valence-corrected chi connectivity index (χ3v) is 6.95. The number of carboxylic acids is 1. The highest BCUT2D eigenvalue weighted by atomic mass is 35.5. The van der Waals surface area contributed by atoms with Gasteiger partial charge in [0.25, 0.3) is 0 Å². The second kappa shape index (κ2) is 7.73. The molecule has 2 heterocycles. The lowest BCUT2D eigenvalue weighted by Crippen LogP contribution is -2.11. The Bertz CT molecular complexity index is 1470. The molecule has 0 saturated heterocycles. The molecule has 0 fully saturated rings. The normalized spacial score (nSPS) is 15.5. The van der Waals surface area contributed by atoms with Gasteiger partial charge in [-0.25, -0.2) is 17.7 Å². The number of fused-ring (bicyclic) bond motifs is 3. The molecule has 164 valence electrons. The Morgan fingerprint density at radius 2 is 2.03 bits per heavy atom. The van der Waals surface area contributed by atoms with E-state index in [0.717, 1.165) is 18.4 Å². The Balaban J connectivity index is 2.13. The molecule has 2 aromatic carbocycles. The average molecular weight is 475 g/mol. The lowest BCUT2D eigenvalue weighted by molar-refractivity contribution is -0.137. The minimum atomic E-state index is -3.94. The number of sulfone groups is 1. The molecule has 0 amide bonds. The molecule has 1 aliphatic heterocycles. The maximum Gasteiger partial charge on any atom is 0.304 e. The molecule has 7 nitrogen and oxygen atoms in total. The van der Waals surface area contributed by atoms with Gasteiger partial charge in [0.15, 0.2) is 21.3 Å². The van der Waals surface area contributed by atoms with Gasteiger partial charge in [-0.05, 0) is 30.7 Å². The third kappa shape index (κ3) is 3.55. The Hall–Kier alpha value is -3.22. The lowest BCUT2D eigenvalue weighted by atomic mass is 9.91. The minimum Gasteiger partial charge on any atom is -0.481 e. The summed E-state index contributed by atoms with van der Waals surface area (Å²) in [6, 6.07) is 6.14. The average Bonchev–Trinajstić information content (AvgIpc) is 3.24. The van der Waals surface area contributed by atoms with E-state index in [4.69, 9.17) is 18.2 Å². The molecule has 0 spiro atoms. The van der Waals surface area contributed by atoms with Crippen LogP contribution in [-0.2, 0) is 21.2 Å². The van der Waals surface area contributed by atoms with Gasteiger partial charge in [0.1, 0.15) is 5.82 Å². The van der Waals surface area contributed by atoms with Crippen LogP contribution in [0.25, 0.3) is 15.7 Å². The standard InChI is InChI=1S/C22H16ClFN2O5S/c1-25-15-8-12(23)3-4-14(15)22(29)20-19-16(9-13(24)10-17(19)32(2,30)31)26-6-5-11(21(20)26)7-18(27)28/h3-4,8-11H,5-7H2,2H3,(H,27,28). The Labute approximate surface area is 187 Å². The van der Waals surface area contributed by atoms with E-state index in [0.29, 0.717) is 18.7 Å². The maximum atomic E-state index is 14.4. The van der Waals surface area contributed by atoms with Crippen LogP contribution in [0.1, 0.15) is 40.4 Å². The topological polar surface area (TPSA) is 97.8 Å². The number of aromatic nitrogens is 1. The quantitative estimate of drug-likeness (QED) is 0.431. The largest absolute Gasteiger partial charge is 0.481 e. The van der Waals surface area contributed by atoms with Gasteiger partial charge in [0.05, 0.1) is 29.0 Å². The summed E-state index contributed by atoms with van der Waals surface area (Å²) in [6.07, 6.45) is 1.04. The Morgan fingerprint density at radius 1 is 1.31 bits per heavy atom. The maximum absolute atomic E-state index is 14.4. The van der Waals surface area contributed by atoms with E-state index in [1.54, 1.807) is 4.57 Å². The fourth-order valence-corrected chi connectivity index (χ4v) is 5.44. The summed E-state index contributed by atoms with van der Waals surface area (Å²) in [5, 5.41) is 9.65. The molecule has 0 bridgehead atoms. The number of carboxylic acid groups (broad SMARTS) is 1. The van der Waals surface area contributed by atoms with Crippen molar-refractivity contribution in [2.24, 2.45) is 0 Å². The van der Waals surface area contributed by atoms with Crippen molar-refractivity contribution in [2.75, 3.05) is 6.26 Å². The summed E-state index contributed by atoms with van der Waals surface area (Å²) < 4.78 is 41.0. The number of halogens is 2. The molecule has 10 heteroatoms. The highest BCUT2D eigenvalue weighted by Crippen LogP contribution is 2.44. The van der Waals surface area contributed by atoms with Crippen molar-refractivity contribution in [1.29, 1.82) is 0 Å². The summed E-state index contributed by atoms with van der Waals surface area (Å²) in [5.41, 5.74) is 0.510. The zero-order chi connectivity index (χ0) is 23.4. The number of hydrogen-bond acceptors (Lipinski definition) is 4. The highest BCUT2D eigenvalue weighted by molar-refractivity contribution is 7.91. The molecule has 0 saturated carbocycles. The summed E-state index contributed by atoms with van der Waals surface area (Å²) in [6.45, 7) is 7.71. The second-order valence-corrected chi connectivity index (χ2v) is 10.1. The van der Waals surface area contributed by atoms with Gasteiger partial charge in [0, 0.05) is 40.4 Å². The van der Waals surface area contributed by atoms with E-state index in [2.05, 4.69) is 4.85 Å². The van der Waals surface area contributed by atoms with E-state index in [1.165, 1.54) is 18.2 Å². The summed E-state index contributed by atoms with van der Waals surface area (Å²) >= 11 is 5.95. The van der Waals surface area contributed by atoms with E-state index in [9.17, 15) is 27.5 Å². The summed E-state index contributed by atoms with van der Waals surface area (Å²) in [5.74, 6) is -3.07. The lowest BCUT2D eigenvalue weighted by Gasteiger charge is -2.12. The van der Waals surface area contributed by atoms with Crippen LogP contribution < -0.4 is 0 Å². The number of aryl methyl sites for hydroxylation is 1. The first kappa shape index (κ1) is 22.0. The van der Waals surface area contributed by atoms with Crippen molar-refractivity contribution in [1.82, 2.24) is 4.57 Å². The number of nitrogens with zero attached hydrogens (tertiary/aromatic N) is 2. The number of ketones is 1. The van der Waals surface area contributed by atoms with E-state index in [-0.39, 0.29) is 44.1 Å². The van der Waals surface area contributed by atoms with Gasteiger partial charge >= 0.3 is 5.97 Å². The van der Waals surface area contributed by atoms with Crippen LogP contribution in [0.3, 0.4) is 0 Å². The zero-order valence-corrected chi connectivity index (χ0v) is 18.3. The van der Waals surface area contributed by atoms with Crippen molar-refractivity contribution in [3.63, 3.8) is 0 Å². The van der Waals surface area contributed by atoms with Gasteiger partial charge in [0.2, 0.25) is 0 Å². The van der Waals surface area contributed by atoms with Crippen molar-refractivity contribution in [3.05, 3.63) is 69.4 Å². The molecule has 1 aromatic heterocycles. The molecule has 0 radical (unpaired) electrons. The SMILES string of the molecule is [C-]#[N+]c1cc(Cl)ccc1C(=O)c1c2n(c3cc(F)cc(S(C)(=O)=O)c13)CCC2CC(=O)O. The number of rotatable bonds is 5. The first-order valence-corrected chi connectivity index (χ1v) is 11.8. The second-order valence-electron chi connectivity index (χ2n) is 7.67. The predicted molar refractivity (Wildman–Crippen MR) is 116 cm³/mol. The summed E-state index contributed by atoms with van der Waals surface area (Å²) in [7, 11) is -3.94. The summed E-state index contributed by atoms with van der Waals surface area (Å²) in [4.78, 5) is 28.2. The fraction of sp³-hybridized carbons (Fsp3) is 0.227. The number of aliphatic carboxylic acids is 1. The minimum absolute atomic E-state index is 0.00412. The van der Waals surface area contributed by atoms with E-state index >= 15 is 0 Å². The van der Waals surface area contributed by atoms with E-state index in [1.807, 2.05) is 0 Å². The van der Waals surface area contributed by atoms with Gasteiger partial charge in [-0.15, -0.1) is 0 Å². The Morgan fingerprint density at radius 3 is 2.66 bits per heavy atom. The van der Waals surface area contributed by atoms with Gasteiger partial charge in [-0.1, -0.05) is 17.7 Å². The molecule has 1 N–H and O–H groups in total. The predicted octanol–water partition coefficient (Wildman–Crippen LogP) is 4.58. The van der Waals surface area contributed by atoms with Gasteiger partial charge in [-0.3, -0.25) is 9.59 Å². The van der Waals surface area contributed by atoms with Crippen LogP contribution in [-0.4, -0.2) is 36.1 Å². The third-order valence-electron chi connectivity index (χ3n) is 5.59. The van der Waals surface area contributed by atoms with Gasteiger partial charge in [-0.2, -0.15) is 0 Å². The molecular weight excluding hydrogens is 459 g/mol. The number of hydrogen-bond donors (Lipinski definition) is 1.